The largest absolute Gasteiger partial charge is 0.235 e. The third-order valence-electron chi connectivity index (χ3n) is 0.877. The summed E-state index contributed by atoms with van der Waals surface area (Å²) in [7, 11) is 0. The van der Waals surface area contributed by atoms with Crippen molar-refractivity contribution in [2.45, 2.75) is 0 Å². The molecule has 0 unspecified atom stereocenters. The Morgan fingerprint density at radius 1 is 1.33 bits per heavy atom. The van der Waals surface area contributed by atoms with Crippen molar-refractivity contribution in [3.63, 3.8) is 0 Å². The molecule has 0 saturated heterocycles. The molecule has 0 radical (unpaired) electrons. The van der Waals surface area contributed by atoms with E-state index in [0.29, 0.717) is 0 Å². The molecule has 48 valence electrons. The standard InChI is InChI=1S/C6H5ClFN/c7-9-5-3-1-2-4-6(9)8/h1-5H. The van der Waals surface area contributed by atoms with Gasteiger partial charge in [-0.2, -0.15) is 4.39 Å². The Balaban J connectivity index is 2.80. The van der Waals surface area contributed by atoms with E-state index >= 15 is 0 Å². The molecule has 0 aromatic rings. The molecular weight excluding hydrogens is 141 g/mol. The van der Waals surface area contributed by atoms with Gasteiger partial charge < -0.3 is 0 Å². The molecule has 0 bridgehead atoms. The Morgan fingerprint density at radius 2 is 2.11 bits per heavy atom. The van der Waals surface area contributed by atoms with Crippen LogP contribution in [0.2, 0.25) is 0 Å². The number of hydrogen-bond donors (Lipinski definition) is 0. The van der Waals surface area contributed by atoms with E-state index in [1.807, 2.05) is 0 Å². The molecule has 1 heterocycles. The number of hydrogen-bond acceptors (Lipinski definition) is 1. The van der Waals surface area contributed by atoms with Gasteiger partial charge in [-0.25, -0.2) is 4.42 Å². The summed E-state index contributed by atoms with van der Waals surface area (Å²) in [6.45, 7) is 0. The van der Waals surface area contributed by atoms with Gasteiger partial charge in [0.2, 0.25) is 5.95 Å². The lowest BCUT2D eigenvalue weighted by Gasteiger charge is -2.02. The molecule has 1 aliphatic heterocycles. The van der Waals surface area contributed by atoms with Crippen molar-refractivity contribution in [1.29, 1.82) is 0 Å². The Morgan fingerprint density at radius 3 is 2.89 bits per heavy atom. The fourth-order valence-electron chi connectivity index (χ4n) is 0.467. The van der Waals surface area contributed by atoms with Crippen molar-refractivity contribution in [2.24, 2.45) is 0 Å². The van der Waals surface area contributed by atoms with Crippen LogP contribution in [0.1, 0.15) is 0 Å². The highest BCUT2D eigenvalue weighted by molar-refractivity contribution is 6.15. The van der Waals surface area contributed by atoms with Gasteiger partial charge in [0.05, 0.1) is 0 Å². The average Bonchev–Trinajstić information content (AvgIpc) is 1.99. The fraction of sp³-hybridized carbons (Fsp3) is 0. The molecule has 0 aromatic heterocycles. The van der Waals surface area contributed by atoms with Crippen molar-refractivity contribution < 1.29 is 4.39 Å². The SMILES string of the molecule is FC1=CC=CC=CN1Cl. The van der Waals surface area contributed by atoms with E-state index in [1.54, 1.807) is 18.2 Å². The molecule has 0 atom stereocenters. The number of allylic oxidation sites excluding steroid dienone is 4. The van der Waals surface area contributed by atoms with E-state index in [1.165, 1.54) is 12.3 Å². The minimum absolute atomic E-state index is 0.471. The minimum atomic E-state index is -0.471. The molecule has 1 aliphatic rings. The molecule has 0 aromatic carbocycles. The van der Waals surface area contributed by atoms with E-state index in [9.17, 15) is 4.39 Å². The average molecular weight is 146 g/mol. The van der Waals surface area contributed by atoms with Crippen LogP contribution in [0.5, 0.6) is 0 Å². The van der Waals surface area contributed by atoms with Gasteiger partial charge in [0.1, 0.15) is 0 Å². The molecule has 9 heavy (non-hydrogen) atoms. The maximum absolute atomic E-state index is 12.4. The van der Waals surface area contributed by atoms with Crippen molar-refractivity contribution in [2.75, 3.05) is 0 Å². The summed E-state index contributed by atoms with van der Waals surface area (Å²) in [5.41, 5.74) is 0. The lowest BCUT2D eigenvalue weighted by Crippen LogP contribution is -1.96. The lowest BCUT2D eigenvalue weighted by molar-refractivity contribution is 0.489. The Labute approximate surface area is 57.8 Å². The fourth-order valence-corrected chi connectivity index (χ4v) is 0.588. The minimum Gasteiger partial charge on any atom is -0.235 e. The first kappa shape index (κ1) is 6.36. The normalized spacial score (nSPS) is 17.6. The van der Waals surface area contributed by atoms with Crippen molar-refractivity contribution >= 4 is 11.8 Å². The molecule has 0 N–H and O–H groups in total. The molecule has 1 rings (SSSR count). The highest BCUT2D eigenvalue weighted by Gasteiger charge is 1.99. The van der Waals surface area contributed by atoms with Gasteiger partial charge in [0.25, 0.3) is 0 Å². The molecule has 0 saturated carbocycles. The Bertz CT molecular complexity index is 183. The van der Waals surface area contributed by atoms with Gasteiger partial charge in [0.15, 0.2) is 0 Å². The summed E-state index contributed by atoms with van der Waals surface area (Å²) in [4.78, 5) is 0. The predicted molar refractivity (Wildman–Crippen MR) is 35.2 cm³/mol. The molecular formula is C6H5ClFN. The van der Waals surface area contributed by atoms with Crippen molar-refractivity contribution in [3.05, 3.63) is 36.5 Å². The first-order valence-electron chi connectivity index (χ1n) is 2.46. The monoisotopic (exact) mass is 145 g/mol. The summed E-state index contributed by atoms with van der Waals surface area (Å²) in [5, 5.41) is 0. The third kappa shape index (κ3) is 1.57. The number of halogens is 2. The van der Waals surface area contributed by atoms with Crippen LogP contribution in [0, 0.1) is 0 Å². The summed E-state index contributed by atoms with van der Waals surface area (Å²) in [6, 6.07) is 0. The second-order valence-corrected chi connectivity index (χ2v) is 1.89. The predicted octanol–water partition coefficient (Wildman–Crippen LogP) is 2.34. The summed E-state index contributed by atoms with van der Waals surface area (Å²) in [6.07, 6.45) is 7.64. The first-order chi connectivity index (χ1) is 4.30. The van der Waals surface area contributed by atoms with Gasteiger partial charge >= 0.3 is 0 Å². The first-order valence-corrected chi connectivity index (χ1v) is 2.80. The molecule has 0 aliphatic carbocycles. The van der Waals surface area contributed by atoms with Gasteiger partial charge in [0, 0.05) is 18.0 Å². The van der Waals surface area contributed by atoms with Crippen LogP contribution < -0.4 is 0 Å². The Hall–Kier alpha value is -0.760. The van der Waals surface area contributed by atoms with E-state index in [0.717, 1.165) is 4.42 Å². The van der Waals surface area contributed by atoms with E-state index < -0.39 is 5.95 Å². The molecule has 3 heteroatoms. The van der Waals surface area contributed by atoms with Gasteiger partial charge in [-0.05, 0) is 12.2 Å². The molecule has 0 spiro atoms. The summed E-state index contributed by atoms with van der Waals surface area (Å²) >= 11 is 5.33. The summed E-state index contributed by atoms with van der Waals surface area (Å²) < 4.78 is 13.3. The number of rotatable bonds is 0. The second-order valence-electron chi connectivity index (χ2n) is 1.53. The van der Waals surface area contributed by atoms with Gasteiger partial charge in [-0.15, -0.1) is 0 Å². The van der Waals surface area contributed by atoms with Gasteiger partial charge in [-0.1, -0.05) is 12.2 Å². The molecule has 0 fully saturated rings. The van der Waals surface area contributed by atoms with Crippen LogP contribution in [0.4, 0.5) is 4.39 Å². The quantitative estimate of drug-likeness (QED) is 0.374. The zero-order chi connectivity index (χ0) is 6.69. The van der Waals surface area contributed by atoms with Crippen molar-refractivity contribution in [3.8, 4) is 0 Å². The van der Waals surface area contributed by atoms with Crippen LogP contribution in [0.3, 0.4) is 0 Å². The number of nitrogens with zero attached hydrogens (tertiary/aromatic N) is 1. The van der Waals surface area contributed by atoms with E-state index in [2.05, 4.69) is 0 Å². The smallest absolute Gasteiger partial charge is 0.208 e. The highest BCUT2D eigenvalue weighted by atomic mass is 35.5. The lowest BCUT2D eigenvalue weighted by atomic mass is 10.5. The van der Waals surface area contributed by atoms with E-state index in [4.69, 9.17) is 11.8 Å². The molecule has 0 amide bonds. The maximum atomic E-state index is 12.4. The summed E-state index contributed by atoms with van der Waals surface area (Å²) in [5.74, 6) is -0.471. The maximum Gasteiger partial charge on any atom is 0.208 e. The van der Waals surface area contributed by atoms with Gasteiger partial charge in [-0.3, -0.25) is 0 Å². The topological polar surface area (TPSA) is 3.24 Å². The Kier molecular flexibility index (Phi) is 1.90. The highest BCUT2D eigenvalue weighted by Crippen LogP contribution is 2.11. The van der Waals surface area contributed by atoms with Crippen LogP contribution >= 0.6 is 11.8 Å². The van der Waals surface area contributed by atoms with Crippen molar-refractivity contribution in [1.82, 2.24) is 4.42 Å². The van der Waals surface area contributed by atoms with Crippen LogP contribution in [0.15, 0.2) is 36.5 Å². The second kappa shape index (κ2) is 2.69. The molecule has 1 nitrogen and oxygen atoms in total. The third-order valence-corrected chi connectivity index (χ3v) is 1.15. The zero-order valence-electron chi connectivity index (χ0n) is 4.59. The van der Waals surface area contributed by atoms with Crippen LogP contribution in [-0.4, -0.2) is 4.42 Å². The van der Waals surface area contributed by atoms with Crippen LogP contribution in [-0.2, 0) is 0 Å². The van der Waals surface area contributed by atoms with Crippen LogP contribution in [0.25, 0.3) is 0 Å². The zero-order valence-corrected chi connectivity index (χ0v) is 5.35. The van der Waals surface area contributed by atoms with E-state index in [-0.39, 0.29) is 0 Å².